The van der Waals surface area contributed by atoms with Gasteiger partial charge in [0.15, 0.2) is 0 Å². The lowest BCUT2D eigenvalue weighted by molar-refractivity contribution is -0.129. The Kier molecular flexibility index (Phi) is 6.16. The number of hydrogen-bond donors (Lipinski definition) is 3. The third-order valence-electron chi connectivity index (χ3n) is 4.99. The molecule has 8 nitrogen and oxygen atoms in total. The zero-order valence-corrected chi connectivity index (χ0v) is 14.3. The second kappa shape index (κ2) is 8.75. The van der Waals surface area contributed by atoms with Gasteiger partial charge in [-0.25, -0.2) is 5.48 Å². The highest BCUT2D eigenvalue weighted by Gasteiger charge is 2.23. The topological polar surface area (TPSA) is 117 Å². The van der Waals surface area contributed by atoms with Gasteiger partial charge in [0.2, 0.25) is 17.6 Å². The lowest BCUT2D eigenvalue weighted by Crippen LogP contribution is -2.21. The zero-order chi connectivity index (χ0) is 17.5. The standard InChI is InChI=1S/C17H25N5O3/c23-15(21-24)9-13(8-4-7-12-5-2-1-3-6-12)17-20-16(22-25-17)14-10-18-19-11-14/h10-13,24H,1-9H2,(H,18,19)(H,21,23)/t13-/m1/s1. The van der Waals surface area contributed by atoms with Gasteiger partial charge in [-0.15, -0.1) is 0 Å². The minimum atomic E-state index is -0.439. The van der Waals surface area contributed by atoms with Gasteiger partial charge in [0, 0.05) is 18.5 Å². The molecule has 1 saturated carbocycles. The van der Waals surface area contributed by atoms with E-state index in [0.717, 1.165) is 24.3 Å². The van der Waals surface area contributed by atoms with Gasteiger partial charge >= 0.3 is 0 Å². The van der Waals surface area contributed by atoms with Crippen molar-refractivity contribution in [1.82, 2.24) is 25.8 Å². The van der Waals surface area contributed by atoms with Crippen molar-refractivity contribution in [2.24, 2.45) is 5.92 Å². The van der Waals surface area contributed by atoms with E-state index in [-0.39, 0.29) is 12.3 Å². The molecule has 0 radical (unpaired) electrons. The maximum Gasteiger partial charge on any atom is 0.244 e. The highest BCUT2D eigenvalue weighted by molar-refractivity contribution is 5.75. The van der Waals surface area contributed by atoms with E-state index >= 15 is 0 Å². The Morgan fingerprint density at radius 3 is 2.96 bits per heavy atom. The minimum Gasteiger partial charge on any atom is -0.339 e. The summed E-state index contributed by atoms with van der Waals surface area (Å²) >= 11 is 0. The number of H-pyrrole nitrogens is 1. The van der Waals surface area contributed by atoms with E-state index in [4.69, 9.17) is 9.73 Å². The smallest absolute Gasteiger partial charge is 0.244 e. The van der Waals surface area contributed by atoms with Crippen LogP contribution in [0.2, 0.25) is 0 Å². The minimum absolute atomic E-state index is 0.133. The lowest BCUT2D eigenvalue weighted by Gasteiger charge is -2.22. The van der Waals surface area contributed by atoms with Crippen LogP contribution in [0.5, 0.6) is 0 Å². The van der Waals surface area contributed by atoms with E-state index in [2.05, 4.69) is 20.3 Å². The van der Waals surface area contributed by atoms with Crippen molar-refractivity contribution in [3.63, 3.8) is 0 Å². The molecule has 1 amide bonds. The summed E-state index contributed by atoms with van der Waals surface area (Å²) < 4.78 is 5.37. The SMILES string of the molecule is O=C(C[C@@H](CCCC1CCCCC1)c1nc(-c2cn[nH]c2)no1)NO. The zero-order valence-electron chi connectivity index (χ0n) is 14.3. The Morgan fingerprint density at radius 1 is 1.40 bits per heavy atom. The number of hydrogen-bond acceptors (Lipinski definition) is 6. The van der Waals surface area contributed by atoms with Gasteiger partial charge in [-0.05, 0) is 12.3 Å². The van der Waals surface area contributed by atoms with Crippen LogP contribution in [0, 0.1) is 5.92 Å². The number of rotatable bonds is 8. The summed E-state index contributed by atoms with van der Waals surface area (Å²) in [6.45, 7) is 0. The van der Waals surface area contributed by atoms with Crippen molar-refractivity contribution in [2.45, 2.75) is 63.7 Å². The predicted molar refractivity (Wildman–Crippen MR) is 89.6 cm³/mol. The maximum absolute atomic E-state index is 11.6. The fourth-order valence-electron chi connectivity index (χ4n) is 3.60. The predicted octanol–water partition coefficient (Wildman–Crippen LogP) is 3.19. The molecular weight excluding hydrogens is 322 g/mol. The number of amides is 1. The first kappa shape index (κ1) is 17.6. The molecule has 0 unspecified atom stereocenters. The van der Waals surface area contributed by atoms with E-state index in [9.17, 15) is 4.79 Å². The van der Waals surface area contributed by atoms with E-state index in [1.54, 1.807) is 17.9 Å². The summed E-state index contributed by atoms with van der Waals surface area (Å²) in [4.78, 5) is 16.0. The van der Waals surface area contributed by atoms with Gasteiger partial charge in [0.1, 0.15) is 0 Å². The first-order valence-corrected chi connectivity index (χ1v) is 9.02. The van der Waals surface area contributed by atoms with Crippen LogP contribution >= 0.6 is 0 Å². The molecule has 3 N–H and O–H groups in total. The van der Waals surface area contributed by atoms with Crippen molar-refractivity contribution in [1.29, 1.82) is 0 Å². The number of aromatic nitrogens is 4. The van der Waals surface area contributed by atoms with E-state index in [1.165, 1.54) is 38.5 Å². The number of nitrogens with zero attached hydrogens (tertiary/aromatic N) is 3. The Hall–Kier alpha value is -2.22. The number of aromatic amines is 1. The molecule has 2 aromatic heterocycles. The quantitative estimate of drug-likeness (QED) is 0.499. The number of nitrogens with one attached hydrogen (secondary N) is 2. The first-order valence-electron chi connectivity index (χ1n) is 9.02. The van der Waals surface area contributed by atoms with E-state index < -0.39 is 5.91 Å². The van der Waals surface area contributed by atoms with Crippen LogP contribution in [0.4, 0.5) is 0 Å². The van der Waals surface area contributed by atoms with Crippen LogP contribution < -0.4 is 5.48 Å². The fraction of sp³-hybridized carbons (Fsp3) is 0.647. The molecule has 8 heteroatoms. The van der Waals surface area contributed by atoms with Crippen LogP contribution in [0.1, 0.15) is 69.6 Å². The second-order valence-electron chi connectivity index (χ2n) is 6.81. The van der Waals surface area contributed by atoms with Gasteiger partial charge in [-0.1, -0.05) is 50.1 Å². The third-order valence-corrected chi connectivity index (χ3v) is 4.99. The third kappa shape index (κ3) is 4.88. The van der Waals surface area contributed by atoms with Crippen LogP contribution in [0.3, 0.4) is 0 Å². The highest BCUT2D eigenvalue weighted by Crippen LogP contribution is 2.31. The average Bonchev–Trinajstić information content (AvgIpc) is 3.33. The number of hydroxylamine groups is 1. The van der Waals surface area contributed by atoms with Crippen LogP contribution in [-0.2, 0) is 4.79 Å². The van der Waals surface area contributed by atoms with Gasteiger partial charge in [0.25, 0.3) is 0 Å². The summed E-state index contributed by atoms with van der Waals surface area (Å²) in [5.74, 6) is 1.05. The summed E-state index contributed by atoms with van der Waals surface area (Å²) in [6, 6.07) is 0. The number of carbonyl (C=O) groups excluding carboxylic acids is 1. The molecule has 3 rings (SSSR count). The van der Waals surface area contributed by atoms with E-state index in [0.29, 0.717) is 11.7 Å². The number of carbonyl (C=O) groups is 1. The Labute approximate surface area is 146 Å². The van der Waals surface area contributed by atoms with Crippen molar-refractivity contribution in [3.05, 3.63) is 18.3 Å². The summed E-state index contributed by atoms with van der Waals surface area (Å²) in [5, 5.41) is 19.4. The molecule has 1 aliphatic rings. The van der Waals surface area contributed by atoms with Gasteiger partial charge in [0.05, 0.1) is 11.8 Å². The Morgan fingerprint density at radius 2 is 2.24 bits per heavy atom. The van der Waals surface area contributed by atoms with Crippen molar-refractivity contribution in [3.8, 4) is 11.4 Å². The molecule has 1 atom stereocenters. The summed E-state index contributed by atoms with van der Waals surface area (Å²) in [7, 11) is 0. The maximum atomic E-state index is 11.6. The molecule has 0 bridgehead atoms. The molecule has 1 fully saturated rings. The second-order valence-corrected chi connectivity index (χ2v) is 6.81. The van der Waals surface area contributed by atoms with Crippen molar-refractivity contribution < 1.29 is 14.5 Å². The van der Waals surface area contributed by atoms with Crippen molar-refractivity contribution >= 4 is 5.91 Å². The Bertz CT molecular complexity index is 649. The molecule has 0 aromatic carbocycles. The summed E-state index contributed by atoms with van der Waals surface area (Å²) in [5.41, 5.74) is 2.43. The largest absolute Gasteiger partial charge is 0.339 e. The van der Waals surface area contributed by atoms with Gasteiger partial charge in [-0.2, -0.15) is 10.1 Å². The monoisotopic (exact) mass is 347 g/mol. The van der Waals surface area contributed by atoms with Gasteiger partial charge in [-0.3, -0.25) is 15.1 Å². The molecule has 0 spiro atoms. The molecule has 25 heavy (non-hydrogen) atoms. The molecule has 136 valence electrons. The lowest BCUT2D eigenvalue weighted by atomic mass is 9.84. The van der Waals surface area contributed by atoms with Gasteiger partial charge < -0.3 is 4.52 Å². The molecular formula is C17H25N5O3. The molecule has 0 aliphatic heterocycles. The normalized spacial score (nSPS) is 16.7. The average molecular weight is 347 g/mol. The van der Waals surface area contributed by atoms with Crippen LogP contribution in [-0.4, -0.2) is 31.5 Å². The molecule has 0 saturated heterocycles. The van der Waals surface area contributed by atoms with Crippen LogP contribution in [0.15, 0.2) is 16.9 Å². The molecule has 2 heterocycles. The first-order chi connectivity index (χ1) is 12.3. The molecule has 1 aliphatic carbocycles. The summed E-state index contributed by atoms with van der Waals surface area (Å²) in [6.07, 6.45) is 13.1. The highest BCUT2D eigenvalue weighted by atomic mass is 16.5. The van der Waals surface area contributed by atoms with Crippen LogP contribution in [0.25, 0.3) is 11.4 Å². The Balaban J connectivity index is 1.61. The van der Waals surface area contributed by atoms with Crippen molar-refractivity contribution in [2.75, 3.05) is 0 Å². The fourth-order valence-corrected chi connectivity index (χ4v) is 3.60. The van der Waals surface area contributed by atoms with E-state index in [1.807, 2.05) is 0 Å². The molecule has 2 aromatic rings.